The Hall–Kier alpha value is -1.65. The van der Waals surface area contributed by atoms with Crippen LogP contribution in [0.1, 0.15) is 27.7 Å². The molecule has 0 heterocycles. The molecular weight excluding hydrogens is 238 g/mol. The summed E-state index contributed by atoms with van der Waals surface area (Å²) in [5, 5.41) is 5.40. The molecule has 1 amide bonds. The van der Waals surface area contributed by atoms with Gasteiger partial charge in [-0.1, -0.05) is 6.07 Å². The van der Waals surface area contributed by atoms with Gasteiger partial charge >= 0.3 is 0 Å². The van der Waals surface area contributed by atoms with E-state index in [0.29, 0.717) is 0 Å². The third-order valence-electron chi connectivity index (χ3n) is 2.22. The van der Waals surface area contributed by atoms with Crippen molar-refractivity contribution in [3.8, 4) is 0 Å². The molecular formula is C13H18F2N2O. The minimum absolute atomic E-state index is 0.0217. The van der Waals surface area contributed by atoms with E-state index in [1.165, 1.54) is 12.1 Å². The first-order valence-corrected chi connectivity index (χ1v) is 5.73. The van der Waals surface area contributed by atoms with Crippen LogP contribution in [0, 0.1) is 11.6 Å². The van der Waals surface area contributed by atoms with Gasteiger partial charge in [-0.25, -0.2) is 8.78 Å². The first kappa shape index (κ1) is 14.4. The van der Waals surface area contributed by atoms with E-state index in [9.17, 15) is 13.6 Å². The lowest BCUT2D eigenvalue weighted by Gasteiger charge is -2.24. The van der Waals surface area contributed by atoms with Crippen molar-refractivity contribution in [1.29, 1.82) is 0 Å². The van der Waals surface area contributed by atoms with Crippen molar-refractivity contribution < 1.29 is 13.6 Å². The monoisotopic (exact) mass is 256 g/mol. The molecule has 1 unspecified atom stereocenters. The van der Waals surface area contributed by atoms with Gasteiger partial charge in [-0.2, -0.15) is 0 Å². The van der Waals surface area contributed by atoms with Crippen LogP contribution in [-0.2, 0) is 4.79 Å². The largest absolute Gasteiger partial charge is 0.371 e. The lowest BCUT2D eigenvalue weighted by atomic mass is 10.1. The molecule has 0 aliphatic carbocycles. The second-order valence-corrected chi connectivity index (χ2v) is 5.21. The van der Waals surface area contributed by atoms with Crippen LogP contribution in [0.4, 0.5) is 14.5 Å². The molecule has 1 atom stereocenters. The lowest BCUT2D eigenvalue weighted by molar-refractivity contribution is -0.122. The Bertz CT molecular complexity index is 441. The number of benzene rings is 1. The predicted molar refractivity (Wildman–Crippen MR) is 67.3 cm³/mol. The molecule has 0 aliphatic heterocycles. The van der Waals surface area contributed by atoms with Crippen molar-refractivity contribution in [2.24, 2.45) is 0 Å². The van der Waals surface area contributed by atoms with Crippen LogP contribution >= 0.6 is 0 Å². The first-order valence-electron chi connectivity index (χ1n) is 5.73. The maximum Gasteiger partial charge on any atom is 0.242 e. The number of carbonyl (C=O) groups excluding carboxylic acids is 1. The van der Waals surface area contributed by atoms with Gasteiger partial charge in [-0.05, 0) is 39.8 Å². The van der Waals surface area contributed by atoms with Crippen molar-refractivity contribution in [2.45, 2.75) is 39.3 Å². The van der Waals surface area contributed by atoms with Gasteiger partial charge in [0.25, 0.3) is 0 Å². The summed E-state index contributed by atoms with van der Waals surface area (Å²) in [6, 6.07) is 3.15. The summed E-state index contributed by atoms with van der Waals surface area (Å²) in [4.78, 5) is 11.8. The number of hydrogen-bond donors (Lipinski definition) is 2. The van der Waals surface area contributed by atoms with Crippen LogP contribution in [0.25, 0.3) is 0 Å². The number of nitrogens with one attached hydrogen (secondary N) is 2. The van der Waals surface area contributed by atoms with Gasteiger partial charge in [0.15, 0.2) is 11.6 Å². The molecule has 0 bridgehead atoms. The minimum Gasteiger partial charge on any atom is -0.371 e. The van der Waals surface area contributed by atoms with E-state index in [-0.39, 0.29) is 17.1 Å². The van der Waals surface area contributed by atoms with Crippen molar-refractivity contribution in [3.05, 3.63) is 29.8 Å². The zero-order valence-corrected chi connectivity index (χ0v) is 11.0. The third kappa shape index (κ3) is 3.98. The summed E-state index contributed by atoms with van der Waals surface area (Å²) < 4.78 is 26.4. The third-order valence-corrected chi connectivity index (χ3v) is 2.22. The fourth-order valence-corrected chi connectivity index (χ4v) is 1.39. The molecule has 1 aromatic rings. The topological polar surface area (TPSA) is 41.1 Å². The van der Waals surface area contributed by atoms with E-state index < -0.39 is 17.7 Å². The van der Waals surface area contributed by atoms with E-state index in [1.807, 2.05) is 20.8 Å². The van der Waals surface area contributed by atoms with Gasteiger partial charge in [-0.3, -0.25) is 4.79 Å². The van der Waals surface area contributed by atoms with Crippen LogP contribution < -0.4 is 10.6 Å². The fraction of sp³-hybridized carbons (Fsp3) is 0.462. The van der Waals surface area contributed by atoms with Gasteiger partial charge in [0.2, 0.25) is 5.91 Å². The summed E-state index contributed by atoms with van der Waals surface area (Å²) >= 11 is 0. The van der Waals surface area contributed by atoms with Gasteiger partial charge in [0, 0.05) is 5.54 Å². The highest BCUT2D eigenvalue weighted by molar-refractivity contribution is 5.84. The van der Waals surface area contributed by atoms with Gasteiger partial charge < -0.3 is 10.6 Å². The Morgan fingerprint density at radius 2 is 1.89 bits per heavy atom. The molecule has 2 N–H and O–H groups in total. The molecule has 0 spiro atoms. The van der Waals surface area contributed by atoms with E-state index in [0.717, 1.165) is 6.07 Å². The molecule has 0 saturated heterocycles. The molecule has 1 rings (SSSR count). The number of carbonyl (C=O) groups is 1. The average molecular weight is 256 g/mol. The SMILES string of the molecule is CC(Nc1cccc(F)c1F)C(=O)NC(C)(C)C. The number of rotatable bonds is 3. The molecule has 0 saturated carbocycles. The van der Waals surface area contributed by atoms with Crippen LogP contribution in [0.3, 0.4) is 0 Å². The zero-order chi connectivity index (χ0) is 13.9. The summed E-state index contributed by atoms with van der Waals surface area (Å²) in [7, 11) is 0. The number of halogens is 2. The maximum atomic E-state index is 13.4. The standard InChI is InChI=1S/C13H18F2N2O/c1-8(12(18)17-13(2,3)4)16-10-7-5-6-9(14)11(10)15/h5-8,16H,1-4H3,(H,17,18). The minimum atomic E-state index is -0.979. The molecule has 5 heteroatoms. The molecule has 1 aromatic carbocycles. The molecule has 0 radical (unpaired) electrons. The Morgan fingerprint density at radius 1 is 1.28 bits per heavy atom. The average Bonchev–Trinajstić information content (AvgIpc) is 2.22. The number of hydrogen-bond acceptors (Lipinski definition) is 2. The Labute approximate surface area is 106 Å². The second kappa shape index (κ2) is 5.33. The molecule has 0 aliphatic rings. The molecule has 18 heavy (non-hydrogen) atoms. The lowest BCUT2D eigenvalue weighted by Crippen LogP contribution is -2.47. The summed E-state index contributed by atoms with van der Waals surface area (Å²) in [6.45, 7) is 7.13. The Kier molecular flexibility index (Phi) is 4.27. The zero-order valence-electron chi connectivity index (χ0n) is 11.0. The second-order valence-electron chi connectivity index (χ2n) is 5.21. The highest BCUT2D eigenvalue weighted by atomic mass is 19.2. The first-order chi connectivity index (χ1) is 8.20. The van der Waals surface area contributed by atoms with Crippen molar-refractivity contribution in [3.63, 3.8) is 0 Å². The number of anilines is 1. The molecule has 0 fully saturated rings. The van der Waals surface area contributed by atoms with E-state index in [4.69, 9.17) is 0 Å². The van der Waals surface area contributed by atoms with E-state index in [2.05, 4.69) is 10.6 Å². The smallest absolute Gasteiger partial charge is 0.242 e. The van der Waals surface area contributed by atoms with Crippen molar-refractivity contribution in [2.75, 3.05) is 5.32 Å². The quantitative estimate of drug-likeness (QED) is 0.873. The van der Waals surface area contributed by atoms with Crippen LogP contribution in [0.5, 0.6) is 0 Å². The number of amides is 1. The molecule has 0 aromatic heterocycles. The van der Waals surface area contributed by atoms with Crippen molar-refractivity contribution >= 4 is 11.6 Å². The Balaban J connectivity index is 2.73. The summed E-state index contributed by atoms with van der Waals surface area (Å²) in [5.74, 6) is -2.19. The van der Waals surface area contributed by atoms with Crippen LogP contribution in [-0.4, -0.2) is 17.5 Å². The Morgan fingerprint density at radius 3 is 2.44 bits per heavy atom. The highest BCUT2D eigenvalue weighted by Gasteiger charge is 2.20. The van der Waals surface area contributed by atoms with Crippen LogP contribution in [0.15, 0.2) is 18.2 Å². The molecule has 3 nitrogen and oxygen atoms in total. The molecule has 100 valence electrons. The fourth-order valence-electron chi connectivity index (χ4n) is 1.39. The van der Waals surface area contributed by atoms with E-state index >= 15 is 0 Å². The van der Waals surface area contributed by atoms with Gasteiger partial charge in [0.05, 0.1) is 5.69 Å². The van der Waals surface area contributed by atoms with Gasteiger partial charge in [0.1, 0.15) is 6.04 Å². The predicted octanol–water partition coefficient (Wildman–Crippen LogP) is 2.68. The van der Waals surface area contributed by atoms with Gasteiger partial charge in [-0.15, -0.1) is 0 Å². The van der Waals surface area contributed by atoms with Crippen LogP contribution in [0.2, 0.25) is 0 Å². The normalized spacial score (nSPS) is 13.0. The van der Waals surface area contributed by atoms with Crippen molar-refractivity contribution in [1.82, 2.24) is 5.32 Å². The summed E-state index contributed by atoms with van der Waals surface area (Å²) in [6.07, 6.45) is 0. The summed E-state index contributed by atoms with van der Waals surface area (Å²) in [5.41, 5.74) is -0.389. The maximum absolute atomic E-state index is 13.4. The van der Waals surface area contributed by atoms with E-state index in [1.54, 1.807) is 6.92 Å². The highest BCUT2D eigenvalue weighted by Crippen LogP contribution is 2.17.